The van der Waals surface area contributed by atoms with E-state index in [0.717, 1.165) is 35.6 Å². The summed E-state index contributed by atoms with van der Waals surface area (Å²) in [6.07, 6.45) is 1.69. The van der Waals surface area contributed by atoms with Crippen molar-refractivity contribution in [3.8, 4) is 5.75 Å². The highest BCUT2D eigenvalue weighted by Crippen LogP contribution is 2.40. The molecule has 1 heterocycles. The zero-order chi connectivity index (χ0) is 20.9. The van der Waals surface area contributed by atoms with E-state index in [-0.39, 0.29) is 16.7 Å². The standard InChI is InChI=1S/C25H33NO2S/c1-19(17-25(2,3)4)15-23(27)26-13-14-29-24(26)21-11-8-12-22(16-21)28-18-20-9-6-5-7-10-20/h5-12,16,19,24H,13-15,17-18H2,1-4H3/t19-,24+/m1/s1. The number of ether oxygens (including phenoxy) is 1. The summed E-state index contributed by atoms with van der Waals surface area (Å²) in [7, 11) is 0. The second kappa shape index (κ2) is 9.71. The molecule has 156 valence electrons. The third-order valence-electron chi connectivity index (χ3n) is 5.09. The lowest BCUT2D eigenvalue weighted by atomic mass is 9.84. The smallest absolute Gasteiger partial charge is 0.224 e. The maximum absolute atomic E-state index is 13.0. The molecule has 0 N–H and O–H groups in total. The van der Waals surface area contributed by atoms with E-state index in [4.69, 9.17) is 4.74 Å². The fraction of sp³-hybridized carbons (Fsp3) is 0.480. The van der Waals surface area contributed by atoms with Crippen LogP contribution in [0, 0.1) is 11.3 Å². The van der Waals surface area contributed by atoms with Crippen LogP contribution in [0.5, 0.6) is 5.75 Å². The summed E-state index contributed by atoms with van der Waals surface area (Å²) in [5.41, 5.74) is 2.55. The van der Waals surface area contributed by atoms with Crippen molar-refractivity contribution in [1.82, 2.24) is 4.90 Å². The first-order valence-electron chi connectivity index (χ1n) is 10.5. The van der Waals surface area contributed by atoms with E-state index >= 15 is 0 Å². The van der Waals surface area contributed by atoms with Crippen LogP contribution < -0.4 is 4.74 Å². The van der Waals surface area contributed by atoms with Crippen molar-refractivity contribution in [2.24, 2.45) is 11.3 Å². The second-order valence-electron chi connectivity index (χ2n) is 9.23. The second-order valence-corrected chi connectivity index (χ2v) is 10.4. The highest BCUT2D eigenvalue weighted by Gasteiger charge is 2.31. The average Bonchev–Trinajstić information content (AvgIpc) is 3.16. The lowest BCUT2D eigenvalue weighted by Gasteiger charge is -2.28. The van der Waals surface area contributed by atoms with E-state index in [1.807, 2.05) is 42.1 Å². The molecule has 1 saturated heterocycles. The first-order valence-corrected chi connectivity index (χ1v) is 11.5. The Labute approximate surface area is 179 Å². The van der Waals surface area contributed by atoms with Crippen molar-refractivity contribution in [2.75, 3.05) is 12.3 Å². The quantitative estimate of drug-likeness (QED) is 0.535. The number of hydrogen-bond donors (Lipinski definition) is 0. The maximum Gasteiger partial charge on any atom is 0.224 e. The average molecular weight is 412 g/mol. The molecule has 0 spiro atoms. The molecule has 4 heteroatoms. The Kier molecular flexibility index (Phi) is 7.28. The molecule has 1 aliphatic heterocycles. The van der Waals surface area contributed by atoms with Crippen LogP contribution >= 0.6 is 11.8 Å². The van der Waals surface area contributed by atoms with Crippen molar-refractivity contribution in [3.63, 3.8) is 0 Å². The SMILES string of the molecule is C[C@H](CC(=O)N1CCS[C@H]1c1cccc(OCc2ccccc2)c1)CC(C)(C)C. The number of carbonyl (C=O) groups excluding carboxylic acids is 1. The maximum atomic E-state index is 13.0. The van der Waals surface area contributed by atoms with E-state index in [0.29, 0.717) is 18.9 Å². The van der Waals surface area contributed by atoms with Crippen LogP contribution in [0.1, 0.15) is 57.0 Å². The Morgan fingerprint density at radius 2 is 1.93 bits per heavy atom. The lowest BCUT2D eigenvalue weighted by Crippen LogP contribution is -2.32. The van der Waals surface area contributed by atoms with Crippen LogP contribution in [-0.4, -0.2) is 23.1 Å². The number of nitrogens with zero attached hydrogens (tertiary/aromatic N) is 1. The Morgan fingerprint density at radius 1 is 1.17 bits per heavy atom. The number of amides is 1. The Morgan fingerprint density at radius 3 is 2.66 bits per heavy atom. The molecule has 0 saturated carbocycles. The summed E-state index contributed by atoms with van der Waals surface area (Å²) < 4.78 is 5.99. The number of benzene rings is 2. The van der Waals surface area contributed by atoms with Crippen LogP contribution in [0.15, 0.2) is 54.6 Å². The minimum atomic E-state index is 0.0876. The van der Waals surface area contributed by atoms with Crippen LogP contribution in [0.3, 0.4) is 0 Å². The zero-order valence-corrected chi connectivity index (χ0v) is 18.9. The van der Waals surface area contributed by atoms with E-state index in [1.54, 1.807) is 0 Å². The first kappa shape index (κ1) is 21.8. The molecule has 1 amide bonds. The highest BCUT2D eigenvalue weighted by molar-refractivity contribution is 7.99. The molecular formula is C25H33NO2S. The Hall–Kier alpha value is -1.94. The van der Waals surface area contributed by atoms with Crippen molar-refractivity contribution in [3.05, 3.63) is 65.7 Å². The van der Waals surface area contributed by atoms with E-state index < -0.39 is 0 Å². The number of carbonyl (C=O) groups is 1. The highest BCUT2D eigenvalue weighted by atomic mass is 32.2. The summed E-state index contributed by atoms with van der Waals surface area (Å²) >= 11 is 1.84. The summed E-state index contributed by atoms with van der Waals surface area (Å²) in [6, 6.07) is 18.4. The molecular weight excluding hydrogens is 378 g/mol. The van der Waals surface area contributed by atoms with Gasteiger partial charge in [0.25, 0.3) is 0 Å². The van der Waals surface area contributed by atoms with Crippen LogP contribution in [0.2, 0.25) is 0 Å². The minimum absolute atomic E-state index is 0.0876. The molecule has 2 aromatic rings. The van der Waals surface area contributed by atoms with E-state index in [2.05, 4.69) is 56.9 Å². The molecule has 0 bridgehead atoms. The summed E-state index contributed by atoms with van der Waals surface area (Å²) in [4.78, 5) is 15.1. The van der Waals surface area contributed by atoms with Gasteiger partial charge in [0.2, 0.25) is 5.91 Å². The van der Waals surface area contributed by atoms with E-state index in [1.165, 1.54) is 0 Å². The molecule has 29 heavy (non-hydrogen) atoms. The monoisotopic (exact) mass is 411 g/mol. The number of thioether (sulfide) groups is 1. The van der Waals surface area contributed by atoms with Crippen LogP contribution in [0.25, 0.3) is 0 Å². The van der Waals surface area contributed by atoms with Gasteiger partial charge in [-0.05, 0) is 41.0 Å². The fourth-order valence-corrected chi connectivity index (χ4v) is 5.30. The van der Waals surface area contributed by atoms with Gasteiger partial charge in [0.1, 0.15) is 17.7 Å². The lowest BCUT2D eigenvalue weighted by molar-refractivity contribution is -0.132. The summed E-state index contributed by atoms with van der Waals surface area (Å²) in [6.45, 7) is 10.3. The van der Waals surface area contributed by atoms with Crippen molar-refractivity contribution in [2.45, 2.75) is 52.5 Å². The fourth-order valence-electron chi connectivity index (χ4n) is 4.03. The summed E-state index contributed by atoms with van der Waals surface area (Å²) in [5, 5.41) is 0.0876. The zero-order valence-electron chi connectivity index (χ0n) is 18.1. The minimum Gasteiger partial charge on any atom is -0.489 e. The van der Waals surface area contributed by atoms with Gasteiger partial charge in [-0.3, -0.25) is 4.79 Å². The predicted octanol–water partition coefficient (Wildman–Crippen LogP) is 6.30. The van der Waals surface area contributed by atoms with Gasteiger partial charge in [0, 0.05) is 18.7 Å². The molecule has 0 unspecified atom stereocenters. The van der Waals surface area contributed by atoms with Crippen molar-refractivity contribution in [1.29, 1.82) is 0 Å². The van der Waals surface area contributed by atoms with Crippen molar-refractivity contribution >= 4 is 17.7 Å². The first-order chi connectivity index (χ1) is 13.8. The Balaban J connectivity index is 1.63. The molecule has 1 aliphatic rings. The van der Waals surface area contributed by atoms with Gasteiger partial charge in [0.05, 0.1) is 0 Å². The molecule has 0 aliphatic carbocycles. The third-order valence-corrected chi connectivity index (χ3v) is 6.35. The van der Waals surface area contributed by atoms with Crippen LogP contribution in [0.4, 0.5) is 0 Å². The van der Waals surface area contributed by atoms with Gasteiger partial charge in [-0.15, -0.1) is 11.8 Å². The van der Waals surface area contributed by atoms with Crippen molar-refractivity contribution < 1.29 is 9.53 Å². The van der Waals surface area contributed by atoms with Gasteiger partial charge in [-0.25, -0.2) is 0 Å². The topological polar surface area (TPSA) is 29.5 Å². The summed E-state index contributed by atoms with van der Waals surface area (Å²) in [5.74, 6) is 2.51. The van der Waals surface area contributed by atoms with E-state index in [9.17, 15) is 4.79 Å². The molecule has 1 fully saturated rings. The van der Waals surface area contributed by atoms with Gasteiger partial charge in [-0.2, -0.15) is 0 Å². The largest absolute Gasteiger partial charge is 0.489 e. The van der Waals surface area contributed by atoms with Crippen LogP contribution in [-0.2, 0) is 11.4 Å². The number of rotatable bonds is 7. The Bertz CT molecular complexity index is 800. The van der Waals surface area contributed by atoms with Gasteiger partial charge in [-0.1, -0.05) is 70.2 Å². The molecule has 0 aromatic heterocycles. The van der Waals surface area contributed by atoms with Gasteiger partial charge in [0.15, 0.2) is 0 Å². The normalized spacial score (nSPS) is 17.9. The molecule has 0 radical (unpaired) electrons. The molecule has 3 rings (SSSR count). The number of hydrogen-bond acceptors (Lipinski definition) is 3. The molecule has 3 nitrogen and oxygen atoms in total. The van der Waals surface area contributed by atoms with Gasteiger partial charge < -0.3 is 9.64 Å². The third kappa shape index (κ3) is 6.53. The van der Waals surface area contributed by atoms with Gasteiger partial charge >= 0.3 is 0 Å². The predicted molar refractivity (Wildman–Crippen MR) is 122 cm³/mol. The molecule has 2 atom stereocenters. The molecule has 2 aromatic carbocycles.